The first-order valence-corrected chi connectivity index (χ1v) is 8.59. The molecular formula is C17H27BrO. The third-order valence-corrected chi connectivity index (χ3v) is 4.91. The Balaban J connectivity index is 2.63. The van der Waals surface area contributed by atoms with E-state index in [9.17, 15) is 0 Å². The minimum absolute atomic E-state index is 0.285. The zero-order valence-corrected chi connectivity index (χ0v) is 14.1. The van der Waals surface area contributed by atoms with Crippen LogP contribution in [-0.4, -0.2) is 11.9 Å². The summed E-state index contributed by atoms with van der Waals surface area (Å²) in [5, 5.41) is 1.02. The summed E-state index contributed by atoms with van der Waals surface area (Å²) in [7, 11) is 0. The average molecular weight is 327 g/mol. The van der Waals surface area contributed by atoms with E-state index in [0.29, 0.717) is 0 Å². The second-order valence-electron chi connectivity index (χ2n) is 5.42. The van der Waals surface area contributed by atoms with Gasteiger partial charge in [0.25, 0.3) is 0 Å². The molecule has 0 saturated carbocycles. The topological polar surface area (TPSA) is 9.23 Å². The summed E-state index contributed by atoms with van der Waals surface area (Å²) < 4.78 is 6.04. The summed E-state index contributed by atoms with van der Waals surface area (Å²) in [6, 6.07) is 8.50. The molecule has 0 aliphatic carbocycles. The molecule has 2 heteroatoms. The zero-order valence-electron chi connectivity index (χ0n) is 12.5. The predicted octanol–water partition coefficient (Wildman–Crippen LogP) is 5.61. The Bertz CT molecular complexity index is 339. The minimum Gasteiger partial charge on any atom is -0.493 e. The van der Waals surface area contributed by atoms with Crippen LogP contribution in [-0.2, 0) is 6.42 Å². The monoisotopic (exact) mass is 326 g/mol. The first kappa shape index (κ1) is 16.6. The number of benzene rings is 1. The summed E-state index contributed by atoms with van der Waals surface area (Å²) in [5.74, 6) is 0.995. The van der Waals surface area contributed by atoms with E-state index in [1.165, 1.54) is 31.2 Å². The van der Waals surface area contributed by atoms with Gasteiger partial charge in [-0.1, -0.05) is 61.7 Å². The fourth-order valence-corrected chi connectivity index (χ4v) is 3.28. The van der Waals surface area contributed by atoms with Gasteiger partial charge < -0.3 is 4.74 Å². The summed E-state index contributed by atoms with van der Waals surface area (Å²) in [4.78, 5) is 0. The Labute approximate surface area is 126 Å². The van der Waals surface area contributed by atoms with Crippen LogP contribution in [0.15, 0.2) is 24.3 Å². The Morgan fingerprint density at radius 2 is 1.58 bits per heavy atom. The third-order valence-electron chi connectivity index (χ3n) is 3.72. The number of aryl methyl sites for hydroxylation is 1. The highest BCUT2D eigenvalue weighted by atomic mass is 79.9. The molecule has 0 aliphatic rings. The normalized spacial score (nSPS) is 11.6. The van der Waals surface area contributed by atoms with Gasteiger partial charge in [0, 0.05) is 10.7 Å². The number of halogens is 1. The smallest absolute Gasteiger partial charge is 0.119 e. The molecule has 19 heavy (non-hydrogen) atoms. The van der Waals surface area contributed by atoms with Crippen LogP contribution in [0.4, 0.5) is 0 Å². The van der Waals surface area contributed by atoms with Crippen LogP contribution in [0.3, 0.4) is 0 Å². The molecule has 0 radical (unpaired) electrons. The van der Waals surface area contributed by atoms with E-state index in [4.69, 9.17) is 4.74 Å². The molecule has 0 saturated heterocycles. The van der Waals surface area contributed by atoms with Crippen molar-refractivity contribution >= 4 is 15.9 Å². The van der Waals surface area contributed by atoms with Crippen molar-refractivity contribution < 1.29 is 4.74 Å². The van der Waals surface area contributed by atoms with Gasteiger partial charge in [-0.25, -0.2) is 0 Å². The molecule has 1 nitrogen and oxygen atoms in total. The second kappa shape index (κ2) is 8.63. The lowest BCUT2D eigenvalue weighted by atomic mass is 9.82. The predicted molar refractivity (Wildman–Crippen MR) is 87.4 cm³/mol. The summed E-state index contributed by atoms with van der Waals surface area (Å²) in [6.45, 7) is 7.49. The van der Waals surface area contributed by atoms with Crippen molar-refractivity contribution in [2.24, 2.45) is 5.41 Å². The maximum absolute atomic E-state index is 6.04. The van der Waals surface area contributed by atoms with E-state index >= 15 is 0 Å². The molecule has 0 N–H and O–H groups in total. The molecular weight excluding hydrogens is 300 g/mol. The van der Waals surface area contributed by atoms with Crippen LogP contribution in [0.5, 0.6) is 5.75 Å². The average Bonchev–Trinajstić information content (AvgIpc) is 2.46. The lowest BCUT2D eigenvalue weighted by molar-refractivity contribution is 0.144. The Morgan fingerprint density at radius 3 is 2.00 bits per heavy atom. The number of ether oxygens (including phenoxy) is 1. The summed E-state index contributed by atoms with van der Waals surface area (Å²) >= 11 is 3.69. The van der Waals surface area contributed by atoms with Gasteiger partial charge in [-0.2, -0.15) is 0 Å². The van der Waals surface area contributed by atoms with Crippen LogP contribution in [0.1, 0.15) is 52.0 Å². The second-order valence-corrected chi connectivity index (χ2v) is 5.98. The van der Waals surface area contributed by atoms with Crippen molar-refractivity contribution in [1.29, 1.82) is 0 Å². The highest BCUT2D eigenvalue weighted by Gasteiger charge is 2.28. The van der Waals surface area contributed by atoms with Gasteiger partial charge in [0.2, 0.25) is 0 Å². The standard InChI is InChI=1S/C17H27BrO/c1-4-11-17(13-18,12-5-2)14-19-16-9-7-15(6-3)8-10-16/h7-10H,4-6,11-14H2,1-3H3. The van der Waals surface area contributed by atoms with Gasteiger partial charge in [0.05, 0.1) is 6.61 Å². The van der Waals surface area contributed by atoms with Gasteiger partial charge in [-0.3, -0.25) is 0 Å². The Hall–Kier alpha value is -0.500. The highest BCUT2D eigenvalue weighted by molar-refractivity contribution is 9.09. The fraction of sp³-hybridized carbons (Fsp3) is 0.647. The zero-order chi connectivity index (χ0) is 14.1. The number of alkyl halides is 1. The highest BCUT2D eigenvalue weighted by Crippen LogP contribution is 2.33. The SMILES string of the molecule is CCCC(CBr)(CCC)COc1ccc(CC)cc1. The third kappa shape index (κ3) is 5.18. The quantitative estimate of drug-likeness (QED) is 0.536. The van der Waals surface area contributed by atoms with E-state index in [1.807, 2.05) is 0 Å². The van der Waals surface area contributed by atoms with E-state index < -0.39 is 0 Å². The van der Waals surface area contributed by atoms with E-state index in [0.717, 1.165) is 24.1 Å². The lowest BCUT2D eigenvalue weighted by Crippen LogP contribution is -2.30. The largest absolute Gasteiger partial charge is 0.493 e. The maximum atomic E-state index is 6.04. The van der Waals surface area contributed by atoms with Crippen molar-refractivity contribution in [2.75, 3.05) is 11.9 Å². The molecule has 1 rings (SSSR count). The summed E-state index contributed by atoms with van der Waals surface area (Å²) in [5.41, 5.74) is 1.65. The Morgan fingerprint density at radius 1 is 1.00 bits per heavy atom. The first-order chi connectivity index (χ1) is 9.19. The summed E-state index contributed by atoms with van der Waals surface area (Å²) in [6.07, 6.45) is 5.95. The van der Waals surface area contributed by atoms with Crippen LogP contribution < -0.4 is 4.74 Å². The molecule has 0 fully saturated rings. The Kier molecular flexibility index (Phi) is 7.52. The van der Waals surface area contributed by atoms with E-state index in [1.54, 1.807) is 0 Å². The van der Waals surface area contributed by atoms with Gasteiger partial charge in [-0.15, -0.1) is 0 Å². The van der Waals surface area contributed by atoms with Crippen LogP contribution in [0, 0.1) is 5.41 Å². The van der Waals surface area contributed by atoms with Gasteiger partial charge >= 0.3 is 0 Å². The van der Waals surface area contributed by atoms with Gasteiger partial charge in [-0.05, 0) is 37.0 Å². The van der Waals surface area contributed by atoms with Crippen LogP contribution in [0.25, 0.3) is 0 Å². The van der Waals surface area contributed by atoms with Crippen LogP contribution in [0.2, 0.25) is 0 Å². The molecule has 0 spiro atoms. The maximum Gasteiger partial charge on any atom is 0.119 e. The number of hydrogen-bond acceptors (Lipinski definition) is 1. The molecule has 0 aliphatic heterocycles. The first-order valence-electron chi connectivity index (χ1n) is 7.47. The molecule has 0 heterocycles. The van der Waals surface area contributed by atoms with Gasteiger partial charge in [0.1, 0.15) is 5.75 Å². The molecule has 1 aromatic carbocycles. The molecule has 0 atom stereocenters. The minimum atomic E-state index is 0.285. The molecule has 0 unspecified atom stereocenters. The molecule has 1 aromatic rings. The van der Waals surface area contributed by atoms with Crippen molar-refractivity contribution in [3.63, 3.8) is 0 Å². The number of hydrogen-bond donors (Lipinski definition) is 0. The molecule has 0 bridgehead atoms. The van der Waals surface area contributed by atoms with E-state index in [2.05, 4.69) is 61.0 Å². The van der Waals surface area contributed by atoms with Gasteiger partial charge in [0.15, 0.2) is 0 Å². The van der Waals surface area contributed by atoms with Crippen LogP contribution >= 0.6 is 15.9 Å². The van der Waals surface area contributed by atoms with Crippen molar-refractivity contribution in [3.05, 3.63) is 29.8 Å². The van der Waals surface area contributed by atoms with E-state index in [-0.39, 0.29) is 5.41 Å². The number of rotatable bonds is 9. The molecule has 0 aromatic heterocycles. The van der Waals surface area contributed by atoms with Crippen molar-refractivity contribution in [3.8, 4) is 5.75 Å². The molecule has 108 valence electrons. The van der Waals surface area contributed by atoms with Crippen molar-refractivity contribution in [2.45, 2.75) is 52.9 Å². The fourth-order valence-electron chi connectivity index (χ4n) is 2.56. The lowest BCUT2D eigenvalue weighted by Gasteiger charge is -2.31. The van der Waals surface area contributed by atoms with Crippen molar-refractivity contribution in [1.82, 2.24) is 0 Å². The molecule has 0 amide bonds.